The molecule has 0 bridgehead atoms. The maximum atomic E-state index is 13.8. The zero-order valence-corrected chi connectivity index (χ0v) is 12.2. The fourth-order valence-corrected chi connectivity index (χ4v) is 2.33. The molecule has 0 radical (unpaired) electrons. The standard InChI is InChI=1S/C15H14Cl2FNO/c16-12-4-2-6-14(11(12)7-8-19)20-9-10-3-1-5-13(17)15(10)18/h1-6H,7-9,19H2. The average Bonchev–Trinajstić information content (AvgIpc) is 2.44. The van der Waals surface area contributed by atoms with Gasteiger partial charge in [-0.1, -0.05) is 41.4 Å². The van der Waals surface area contributed by atoms with E-state index in [-0.39, 0.29) is 11.6 Å². The lowest BCUT2D eigenvalue weighted by atomic mass is 10.1. The number of ether oxygens (including phenoxy) is 1. The molecule has 2 nitrogen and oxygen atoms in total. The number of halogens is 3. The van der Waals surface area contributed by atoms with Crippen LogP contribution in [0.25, 0.3) is 0 Å². The summed E-state index contributed by atoms with van der Waals surface area (Å²) in [5, 5.41) is 0.680. The largest absolute Gasteiger partial charge is 0.488 e. The highest BCUT2D eigenvalue weighted by Gasteiger charge is 2.10. The van der Waals surface area contributed by atoms with E-state index in [4.69, 9.17) is 33.7 Å². The van der Waals surface area contributed by atoms with Crippen LogP contribution in [0, 0.1) is 5.82 Å². The minimum absolute atomic E-state index is 0.0828. The molecule has 0 saturated carbocycles. The number of benzene rings is 2. The molecule has 0 spiro atoms. The molecule has 0 aromatic heterocycles. The lowest BCUT2D eigenvalue weighted by Gasteiger charge is -2.13. The zero-order valence-electron chi connectivity index (χ0n) is 10.7. The van der Waals surface area contributed by atoms with Crippen molar-refractivity contribution >= 4 is 23.2 Å². The van der Waals surface area contributed by atoms with E-state index in [1.54, 1.807) is 30.3 Å². The Hall–Kier alpha value is -1.29. The first-order chi connectivity index (χ1) is 9.63. The van der Waals surface area contributed by atoms with E-state index in [2.05, 4.69) is 0 Å². The van der Waals surface area contributed by atoms with Gasteiger partial charge in [-0.3, -0.25) is 0 Å². The van der Waals surface area contributed by atoms with Crippen LogP contribution in [0.4, 0.5) is 4.39 Å². The molecule has 0 fully saturated rings. The van der Waals surface area contributed by atoms with Gasteiger partial charge in [-0.25, -0.2) is 4.39 Å². The van der Waals surface area contributed by atoms with Gasteiger partial charge in [0.25, 0.3) is 0 Å². The van der Waals surface area contributed by atoms with Crippen molar-refractivity contribution in [3.05, 3.63) is 63.4 Å². The first-order valence-electron chi connectivity index (χ1n) is 6.16. The molecule has 0 amide bonds. The lowest BCUT2D eigenvalue weighted by Crippen LogP contribution is -2.06. The van der Waals surface area contributed by atoms with Gasteiger partial charge in [-0.2, -0.15) is 0 Å². The molecule has 2 rings (SSSR count). The van der Waals surface area contributed by atoms with Crippen LogP contribution in [0.1, 0.15) is 11.1 Å². The Bertz CT molecular complexity index is 604. The fraction of sp³-hybridized carbons (Fsp3) is 0.200. The maximum Gasteiger partial charge on any atom is 0.148 e. The maximum absolute atomic E-state index is 13.8. The van der Waals surface area contributed by atoms with Gasteiger partial charge in [0.1, 0.15) is 18.2 Å². The minimum atomic E-state index is -0.462. The molecule has 0 heterocycles. The van der Waals surface area contributed by atoms with Crippen LogP contribution in [0.3, 0.4) is 0 Å². The van der Waals surface area contributed by atoms with E-state index in [1.807, 2.05) is 0 Å². The number of hydrogen-bond acceptors (Lipinski definition) is 2. The third kappa shape index (κ3) is 3.42. The van der Waals surface area contributed by atoms with Crippen LogP contribution in [-0.2, 0) is 13.0 Å². The number of hydrogen-bond donors (Lipinski definition) is 1. The summed E-state index contributed by atoms with van der Waals surface area (Å²) in [6.07, 6.45) is 0.604. The van der Waals surface area contributed by atoms with Crippen molar-refractivity contribution in [2.24, 2.45) is 5.73 Å². The van der Waals surface area contributed by atoms with E-state index in [0.717, 1.165) is 5.56 Å². The van der Waals surface area contributed by atoms with Crippen molar-refractivity contribution in [2.75, 3.05) is 6.54 Å². The van der Waals surface area contributed by atoms with Crippen LogP contribution in [-0.4, -0.2) is 6.54 Å². The third-order valence-corrected chi connectivity index (χ3v) is 3.53. The topological polar surface area (TPSA) is 35.2 Å². The highest BCUT2D eigenvalue weighted by molar-refractivity contribution is 6.31. The molecule has 106 valence electrons. The van der Waals surface area contributed by atoms with E-state index >= 15 is 0 Å². The van der Waals surface area contributed by atoms with Crippen molar-refractivity contribution in [1.29, 1.82) is 0 Å². The molecular weight excluding hydrogens is 300 g/mol. The predicted octanol–water partition coefficient (Wildman–Crippen LogP) is 4.21. The number of rotatable bonds is 5. The molecule has 2 aromatic rings. The molecule has 2 N–H and O–H groups in total. The first kappa shape index (κ1) is 15.1. The smallest absolute Gasteiger partial charge is 0.148 e. The van der Waals surface area contributed by atoms with E-state index < -0.39 is 5.82 Å². The third-order valence-electron chi connectivity index (χ3n) is 2.88. The summed E-state index contributed by atoms with van der Waals surface area (Å²) in [7, 11) is 0. The Kier molecular flexibility index (Phi) is 5.24. The quantitative estimate of drug-likeness (QED) is 0.897. The van der Waals surface area contributed by atoms with Crippen molar-refractivity contribution in [3.63, 3.8) is 0 Å². The Labute approximate surface area is 127 Å². The Morgan fingerprint density at radius 1 is 1.05 bits per heavy atom. The van der Waals surface area contributed by atoms with Gasteiger partial charge in [0.15, 0.2) is 0 Å². The summed E-state index contributed by atoms with van der Waals surface area (Å²) < 4.78 is 19.4. The lowest BCUT2D eigenvalue weighted by molar-refractivity contribution is 0.297. The van der Waals surface area contributed by atoms with E-state index in [1.165, 1.54) is 6.07 Å². The van der Waals surface area contributed by atoms with Crippen LogP contribution >= 0.6 is 23.2 Å². The summed E-state index contributed by atoms with van der Waals surface area (Å²) in [4.78, 5) is 0. The second-order valence-electron chi connectivity index (χ2n) is 4.26. The van der Waals surface area contributed by atoms with Crippen LogP contribution < -0.4 is 10.5 Å². The molecule has 0 aliphatic carbocycles. The van der Waals surface area contributed by atoms with Gasteiger partial charge in [-0.05, 0) is 31.2 Å². The molecule has 0 saturated heterocycles. The summed E-state index contributed by atoms with van der Waals surface area (Å²) in [5.41, 5.74) is 6.79. The van der Waals surface area contributed by atoms with Crippen LogP contribution in [0.15, 0.2) is 36.4 Å². The zero-order chi connectivity index (χ0) is 14.5. The fourth-order valence-electron chi connectivity index (χ4n) is 1.88. The van der Waals surface area contributed by atoms with Crippen LogP contribution in [0.2, 0.25) is 10.0 Å². The molecule has 0 unspecified atom stereocenters. The van der Waals surface area contributed by atoms with E-state index in [0.29, 0.717) is 29.3 Å². The molecule has 0 aliphatic rings. The monoisotopic (exact) mass is 313 g/mol. The van der Waals surface area contributed by atoms with Crippen molar-refractivity contribution in [3.8, 4) is 5.75 Å². The summed E-state index contributed by atoms with van der Waals surface area (Å²) in [6.45, 7) is 0.552. The highest BCUT2D eigenvalue weighted by Crippen LogP contribution is 2.28. The summed E-state index contributed by atoms with van der Waals surface area (Å²) in [5.74, 6) is 0.152. The van der Waals surface area contributed by atoms with Crippen molar-refractivity contribution in [2.45, 2.75) is 13.0 Å². The van der Waals surface area contributed by atoms with Gasteiger partial charge in [-0.15, -0.1) is 0 Å². The molecule has 0 aliphatic heterocycles. The Morgan fingerprint density at radius 3 is 2.50 bits per heavy atom. The summed E-state index contributed by atoms with van der Waals surface area (Å²) >= 11 is 11.8. The number of nitrogens with two attached hydrogens (primary N) is 1. The van der Waals surface area contributed by atoms with E-state index in [9.17, 15) is 4.39 Å². The molecule has 2 aromatic carbocycles. The predicted molar refractivity (Wildman–Crippen MR) is 80.0 cm³/mol. The average molecular weight is 314 g/mol. The normalized spacial score (nSPS) is 10.6. The SMILES string of the molecule is NCCc1c(Cl)cccc1OCc1cccc(Cl)c1F. The summed E-state index contributed by atoms with van der Waals surface area (Å²) in [6, 6.07) is 10.2. The Balaban J connectivity index is 2.19. The van der Waals surface area contributed by atoms with Crippen molar-refractivity contribution in [1.82, 2.24) is 0 Å². The second-order valence-corrected chi connectivity index (χ2v) is 5.07. The second kappa shape index (κ2) is 6.93. The molecule has 20 heavy (non-hydrogen) atoms. The van der Waals surface area contributed by atoms with Crippen LogP contribution in [0.5, 0.6) is 5.75 Å². The van der Waals surface area contributed by atoms with Gasteiger partial charge >= 0.3 is 0 Å². The van der Waals surface area contributed by atoms with Gasteiger partial charge < -0.3 is 10.5 Å². The Morgan fingerprint density at radius 2 is 1.75 bits per heavy atom. The molecule has 0 atom stereocenters. The first-order valence-corrected chi connectivity index (χ1v) is 6.92. The van der Waals surface area contributed by atoms with Gasteiger partial charge in [0.05, 0.1) is 5.02 Å². The van der Waals surface area contributed by atoms with Gasteiger partial charge in [0.2, 0.25) is 0 Å². The minimum Gasteiger partial charge on any atom is -0.488 e. The molecular formula is C15H14Cl2FNO. The van der Waals surface area contributed by atoms with Crippen molar-refractivity contribution < 1.29 is 9.13 Å². The molecule has 5 heteroatoms. The highest BCUT2D eigenvalue weighted by atomic mass is 35.5. The van der Waals surface area contributed by atoms with Gasteiger partial charge in [0, 0.05) is 16.1 Å².